The molecule has 0 aliphatic carbocycles. The number of hydrogen-bond donors (Lipinski definition) is 2. The lowest BCUT2D eigenvalue weighted by atomic mass is 10.2. The van der Waals surface area contributed by atoms with Crippen LogP contribution in [-0.2, 0) is 9.47 Å². The minimum atomic E-state index is -0.583. The summed E-state index contributed by atoms with van der Waals surface area (Å²) in [5.41, 5.74) is 5.96. The number of phenols is 1. The second kappa shape index (κ2) is 6.86. The number of anilines is 1. The molecule has 0 spiro atoms. The first-order valence-corrected chi connectivity index (χ1v) is 5.84. The summed E-state index contributed by atoms with van der Waals surface area (Å²) >= 11 is 0. The first-order chi connectivity index (χ1) is 8.50. The largest absolute Gasteiger partial charge is 0.507 e. The Kier molecular flexibility index (Phi) is 5.45. The summed E-state index contributed by atoms with van der Waals surface area (Å²) in [5.74, 6) is -0.314. The van der Waals surface area contributed by atoms with E-state index in [1.54, 1.807) is 0 Å². The first-order valence-electron chi connectivity index (χ1n) is 5.84. The van der Waals surface area contributed by atoms with Crippen molar-refractivity contribution >= 4 is 11.7 Å². The summed E-state index contributed by atoms with van der Waals surface area (Å²) in [5, 5.41) is 9.53. The molecule has 0 aliphatic heterocycles. The summed E-state index contributed by atoms with van der Waals surface area (Å²) in [6.45, 7) is 5.22. The lowest BCUT2D eigenvalue weighted by Crippen LogP contribution is -2.13. The fourth-order valence-corrected chi connectivity index (χ4v) is 1.31. The molecule has 0 unspecified atom stereocenters. The highest BCUT2D eigenvalue weighted by Gasteiger charge is 2.12. The Balaban J connectivity index is 2.36. The SMILES string of the molecule is CC(C)COCCOC(=O)c1ccc(N)cc1O. The maximum atomic E-state index is 11.6. The van der Waals surface area contributed by atoms with E-state index in [2.05, 4.69) is 0 Å². The van der Waals surface area contributed by atoms with Gasteiger partial charge in [-0.3, -0.25) is 0 Å². The molecule has 1 rings (SSSR count). The number of aromatic hydroxyl groups is 1. The van der Waals surface area contributed by atoms with Gasteiger partial charge in [-0.15, -0.1) is 0 Å². The third-order valence-electron chi connectivity index (χ3n) is 2.15. The van der Waals surface area contributed by atoms with Crippen molar-refractivity contribution in [1.82, 2.24) is 0 Å². The van der Waals surface area contributed by atoms with Crippen molar-refractivity contribution in [3.05, 3.63) is 23.8 Å². The van der Waals surface area contributed by atoms with E-state index in [4.69, 9.17) is 15.2 Å². The Morgan fingerprint density at radius 2 is 2.11 bits per heavy atom. The number of carbonyl (C=O) groups excluding carboxylic acids is 1. The van der Waals surface area contributed by atoms with Gasteiger partial charge in [0.25, 0.3) is 0 Å². The highest BCUT2D eigenvalue weighted by Crippen LogP contribution is 2.20. The lowest BCUT2D eigenvalue weighted by molar-refractivity contribution is 0.0275. The summed E-state index contributed by atoms with van der Waals surface area (Å²) in [4.78, 5) is 11.6. The highest BCUT2D eigenvalue weighted by atomic mass is 16.6. The molecule has 1 aromatic rings. The van der Waals surface area contributed by atoms with Gasteiger partial charge in [0.1, 0.15) is 17.9 Å². The van der Waals surface area contributed by atoms with Gasteiger partial charge < -0.3 is 20.3 Å². The molecule has 0 bridgehead atoms. The van der Waals surface area contributed by atoms with Crippen molar-refractivity contribution in [2.75, 3.05) is 25.6 Å². The zero-order valence-corrected chi connectivity index (χ0v) is 10.7. The van der Waals surface area contributed by atoms with E-state index in [1.807, 2.05) is 13.8 Å². The van der Waals surface area contributed by atoms with Crippen LogP contribution in [0.15, 0.2) is 18.2 Å². The molecule has 0 saturated carbocycles. The van der Waals surface area contributed by atoms with Crippen LogP contribution in [0.1, 0.15) is 24.2 Å². The Bertz CT molecular complexity index is 404. The van der Waals surface area contributed by atoms with Crippen LogP contribution in [0.3, 0.4) is 0 Å². The smallest absolute Gasteiger partial charge is 0.341 e. The summed E-state index contributed by atoms with van der Waals surface area (Å²) in [6.07, 6.45) is 0. The third kappa shape index (κ3) is 4.63. The van der Waals surface area contributed by atoms with Crippen molar-refractivity contribution in [3.8, 4) is 5.75 Å². The Morgan fingerprint density at radius 3 is 2.72 bits per heavy atom. The molecular weight excluding hydrogens is 234 g/mol. The van der Waals surface area contributed by atoms with Crippen molar-refractivity contribution in [2.24, 2.45) is 5.92 Å². The predicted molar refractivity (Wildman–Crippen MR) is 68.5 cm³/mol. The molecule has 0 saturated heterocycles. The van der Waals surface area contributed by atoms with E-state index in [0.717, 1.165) is 0 Å². The van der Waals surface area contributed by atoms with E-state index in [9.17, 15) is 9.90 Å². The first kappa shape index (κ1) is 14.3. The number of rotatable bonds is 6. The van der Waals surface area contributed by atoms with E-state index >= 15 is 0 Å². The van der Waals surface area contributed by atoms with E-state index in [0.29, 0.717) is 24.8 Å². The molecule has 100 valence electrons. The summed E-state index contributed by atoms with van der Waals surface area (Å²) in [6, 6.07) is 4.28. The molecule has 0 fully saturated rings. The van der Waals surface area contributed by atoms with Crippen molar-refractivity contribution < 1.29 is 19.4 Å². The minimum Gasteiger partial charge on any atom is -0.507 e. The number of phenolic OH excluding ortho intramolecular Hbond substituents is 1. The fraction of sp³-hybridized carbons (Fsp3) is 0.462. The number of hydrogen-bond acceptors (Lipinski definition) is 5. The fourth-order valence-electron chi connectivity index (χ4n) is 1.31. The van der Waals surface area contributed by atoms with Gasteiger partial charge >= 0.3 is 5.97 Å². The van der Waals surface area contributed by atoms with Gasteiger partial charge in [0, 0.05) is 18.4 Å². The van der Waals surface area contributed by atoms with Gasteiger partial charge in [-0.25, -0.2) is 4.79 Å². The maximum absolute atomic E-state index is 11.6. The summed E-state index contributed by atoms with van der Waals surface area (Å²) < 4.78 is 10.2. The molecule has 0 heterocycles. The highest BCUT2D eigenvalue weighted by molar-refractivity contribution is 5.92. The average Bonchev–Trinajstić information content (AvgIpc) is 2.27. The molecule has 0 atom stereocenters. The molecule has 0 radical (unpaired) electrons. The molecule has 18 heavy (non-hydrogen) atoms. The zero-order valence-electron chi connectivity index (χ0n) is 10.7. The second-order valence-electron chi connectivity index (χ2n) is 4.38. The number of esters is 1. The van der Waals surface area contributed by atoms with Crippen LogP contribution in [0.2, 0.25) is 0 Å². The molecule has 0 amide bonds. The molecule has 0 aliphatic rings. The second-order valence-corrected chi connectivity index (χ2v) is 4.38. The lowest BCUT2D eigenvalue weighted by Gasteiger charge is -2.08. The average molecular weight is 253 g/mol. The number of benzene rings is 1. The van der Waals surface area contributed by atoms with Crippen LogP contribution in [0, 0.1) is 5.92 Å². The van der Waals surface area contributed by atoms with Gasteiger partial charge in [-0.2, -0.15) is 0 Å². The van der Waals surface area contributed by atoms with E-state index in [-0.39, 0.29) is 17.9 Å². The predicted octanol–water partition coefficient (Wildman–Crippen LogP) is 1.80. The monoisotopic (exact) mass is 253 g/mol. The van der Waals surface area contributed by atoms with Crippen molar-refractivity contribution in [2.45, 2.75) is 13.8 Å². The van der Waals surface area contributed by atoms with Gasteiger partial charge in [0.15, 0.2) is 0 Å². The molecule has 5 heteroatoms. The van der Waals surface area contributed by atoms with Crippen LogP contribution in [-0.4, -0.2) is 30.9 Å². The van der Waals surface area contributed by atoms with Crippen molar-refractivity contribution in [1.29, 1.82) is 0 Å². The van der Waals surface area contributed by atoms with E-state index in [1.165, 1.54) is 18.2 Å². The van der Waals surface area contributed by atoms with Gasteiger partial charge in [0.05, 0.1) is 6.61 Å². The molecule has 5 nitrogen and oxygen atoms in total. The number of carbonyl (C=O) groups is 1. The maximum Gasteiger partial charge on any atom is 0.341 e. The minimum absolute atomic E-state index is 0.105. The Labute approximate surface area is 107 Å². The van der Waals surface area contributed by atoms with Gasteiger partial charge in [-0.05, 0) is 18.1 Å². The standard InChI is InChI=1S/C13H19NO4/c1-9(2)8-17-5-6-18-13(16)11-4-3-10(14)7-12(11)15/h3-4,7,9,15H,5-6,8,14H2,1-2H3. The van der Waals surface area contributed by atoms with Gasteiger partial charge in [-0.1, -0.05) is 13.8 Å². The van der Waals surface area contributed by atoms with Crippen molar-refractivity contribution in [3.63, 3.8) is 0 Å². The number of ether oxygens (including phenoxy) is 2. The van der Waals surface area contributed by atoms with Crippen LogP contribution < -0.4 is 5.73 Å². The molecule has 3 N–H and O–H groups in total. The molecule has 0 aromatic heterocycles. The number of nitrogen functional groups attached to an aromatic ring is 1. The normalized spacial score (nSPS) is 10.6. The third-order valence-corrected chi connectivity index (χ3v) is 2.15. The van der Waals surface area contributed by atoms with Gasteiger partial charge in [0.2, 0.25) is 0 Å². The van der Waals surface area contributed by atoms with Crippen LogP contribution in [0.25, 0.3) is 0 Å². The summed E-state index contributed by atoms with van der Waals surface area (Å²) in [7, 11) is 0. The molecular formula is C13H19NO4. The van der Waals surface area contributed by atoms with E-state index < -0.39 is 5.97 Å². The van der Waals surface area contributed by atoms with Crippen LogP contribution in [0.5, 0.6) is 5.75 Å². The topological polar surface area (TPSA) is 81.8 Å². The Morgan fingerprint density at radius 1 is 1.39 bits per heavy atom. The molecule has 1 aromatic carbocycles. The number of nitrogens with two attached hydrogens (primary N) is 1. The van der Waals surface area contributed by atoms with Crippen LogP contribution in [0.4, 0.5) is 5.69 Å². The quantitative estimate of drug-likeness (QED) is 0.459. The Hall–Kier alpha value is -1.75. The van der Waals surface area contributed by atoms with Crippen LogP contribution >= 0.6 is 0 Å². The zero-order chi connectivity index (χ0) is 13.5.